The quantitative estimate of drug-likeness (QED) is 0.760. The largest absolute Gasteiger partial charge is 0.493 e. The van der Waals surface area contributed by atoms with Gasteiger partial charge in [-0.05, 0) is 12.1 Å². The van der Waals surface area contributed by atoms with E-state index >= 15 is 0 Å². The van der Waals surface area contributed by atoms with Crippen LogP contribution in [0, 0.1) is 5.82 Å². The maximum absolute atomic E-state index is 13.8. The number of rotatable bonds is 7. The van der Waals surface area contributed by atoms with Crippen LogP contribution < -0.4 is 24.4 Å². The Morgan fingerprint density at radius 1 is 1.12 bits per heavy atom. The molecule has 0 spiro atoms. The summed E-state index contributed by atoms with van der Waals surface area (Å²) < 4.78 is 30.1. The third-order valence-corrected chi connectivity index (χ3v) is 3.78. The molecule has 134 valence electrons. The Kier molecular flexibility index (Phi) is 5.84. The van der Waals surface area contributed by atoms with Crippen molar-refractivity contribution >= 4 is 5.82 Å². The highest BCUT2D eigenvalue weighted by Crippen LogP contribution is 2.29. The smallest absolute Gasteiger partial charge is 0.257 e. The Morgan fingerprint density at radius 3 is 2.68 bits per heavy atom. The molecule has 1 aliphatic rings. The number of ether oxygens (including phenoxy) is 3. The molecule has 8 heteroatoms. The average molecular weight is 348 g/mol. The number of anilines is 1. The first-order chi connectivity index (χ1) is 12.3. The van der Waals surface area contributed by atoms with Gasteiger partial charge in [-0.15, -0.1) is 0 Å². The highest BCUT2D eigenvalue weighted by atomic mass is 19.1. The number of hydrogen-bond donors (Lipinski definition) is 1. The SMILES string of the molecule is COc1cccc(F)c1OCCOc1nccnc1N1CCNCC1. The normalized spacial score (nSPS) is 14.2. The number of halogens is 1. The van der Waals surface area contributed by atoms with E-state index in [9.17, 15) is 4.39 Å². The van der Waals surface area contributed by atoms with E-state index in [4.69, 9.17) is 14.2 Å². The topological polar surface area (TPSA) is 68.7 Å². The Morgan fingerprint density at radius 2 is 1.88 bits per heavy atom. The molecular formula is C17H21FN4O3. The first-order valence-corrected chi connectivity index (χ1v) is 8.14. The van der Waals surface area contributed by atoms with E-state index in [1.807, 2.05) is 0 Å². The predicted molar refractivity (Wildman–Crippen MR) is 91.1 cm³/mol. The van der Waals surface area contributed by atoms with E-state index in [1.54, 1.807) is 24.5 Å². The van der Waals surface area contributed by atoms with E-state index in [2.05, 4.69) is 20.2 Å². The highest BCUT2D eigenvalue weighted by molar-refractivity contribution is 5.48. The van der Waals surface area contributed by atoms with Gasteiger partial charge in [0.1, 0.15) is 13.2 Å². The minimum absolute atomic E-state index is 0.0788. The standard InChI is InChI=1S/C17H21FN4O3/c1-23-14-4-2-3-13(18)15(14)24-11-12-25-17-16(20-5-6-21-17)22-9-7-19-8-10-22/h2-6,19H,7-12H2,1H3. The predicted octanol–water partition coefficient (Wildman–Crippen LogP) is 1.49. The van der Waals surface area contributed by atoms with E-state index < -0.39 is 5.82 Å². The number of nitrogens with one attached hydrogen (secondary N) is 1. The molecule has 3 rings (SSSR count). The lowest BCUT2D eigenvalue weighted by Crippen LogP contribution is -2.44. The zero-order chi connectivity index (χ0) is 17.5. The van der Waals surface area contributed by atoms with E-state index in [0.717, 1.165) is 26.2 Å². The second-order valence-electron chi connectivity index (χ2n) is 5.39. The molecule has 2 heterocycles. The first kappa shape index (κ1) is 17.2. The molecule has 1 saturated heterocycles. The summed E-state index contributed by atoms with van der Waals surface area (Å²) in [5.74, 6) is 1.12. The molecule has 25 heavy (non-hydrogen) atoms. The van der Waals surface area contributed by atoms with Crippen molar-refractivity contribution in [2.45, 2.75) is 0 Å². The van der Waals surface area contributed by atoms with Crippen molar-refractivity contribution in [2.24, 2.45) is 0 Å². The maximum atomic E-state index is 13.8. The van der Waals surface area contributed by atoms with Gasteiger partial charge in [0, 0.05) is 38.6 Å². The van der Waals surface area contributed by atoms with Crippen LogP contribution in [0.5, 0.6) is 17.4 Å². The third-order valence-electron chi connectivity index (χ3n) is 3.78. The van der Waals surface area contributed by atoms with Crippen molar-refractivity contribution in [3.63, 3.8) is 0 Å². The molecule has 0 atom stereocenters. The number of piperazine rings is 1. The molecule has 0 aliphatic carbocycles. The summed E-state index contributed by atoms with van der Waals surface area (Å²) in [6, 6.07) is 4.53. The summed E-state index contributed by atoms with van der Waals surface area (Å²) in [6.07, 6.45) is 3.23. The Balaban J connectivity index is 1.58. The van der Waals surface area contributed by atoms with Crippen molar-refractivity contribution in [3.05, 3.63) is 36.4 Å². The van der Waals surface area contributed by atoms with Crippen molar-refractivity contribution in [3.8, 4) is 17.4 Å². The fourth-order valence-electron chi connectivity index (χ4n) is 2.59. The molecule has 0 bridgehead atoms. The van der Waals surface area contributed by atoms with Crippen LogP contribution in [0.3, 0.4) is 0 Å². The molecule has 0 unspecified atom stereocenters. The number of para-hydroxylation sites is 1. The Bertz CT molecular complexity index is 695. The van der Waals surface area contributed by atoms with Crippen LogP contribution >= 0.6 is 0 Å². The van der Waals surface area contributed by atoms with Crippen LogP contribution in [0.25, 0.3) is 0 Å². The van der Waals surface area contributed by atoms with Crippen LogP contribution in [0.15, 0.2) is 30.6 Å². The lowest BCUT2D eigenvalue weighted by molar-refractivity contribution is 0.200. The summed E-state index contributed by atoms with van der Waals surface area (Å²) >= 11 is 0. The van der Waals surface area contributed by atoms with E-state index in [-0.39, 0.29) is 19.0 Å². The van der Waals surface area contributed by atoms with Gasteiger partial charge >= 0.3 is 0 Å². The zero-order valence-electron chi connectivity index (χ0n) is 14.1. The number of methoxy groups -OCH3 is 1. The number of benzene rings is 1. The second-order valence-corrected chi connectivity index (χ2v) is 5.39. The minimum atomic E-state index is -0.472. The van der Waals surface area contributed by atoms with Crippen molar-refractivity contribution in [1.29, 1.82) is 0 Å². The monoisotopic (exact) mass is 348 g/mol. The van der Waals surface area contributed by atoms with Gasteiger partial charge in [-0.3, -0.25) is 0 Å². The Hall–Kier alpha value is -2.61. The molecule has 1 fully saturated rings. The summed E-state index contributed by atoms with van der Waals surface area (Å²) in [6.45, 7) is 3.86. The number of nitrogens with zero attached hydrogens (tertiary/aromatic N) is 3. The van der Waals surface area contributed by atoms with Gasteiger partial charge in [-0.1, -0.05) is 6.07 Å². The number of hydrogen-bond acceptors (Lipinski definition) is 7. The van der Waals surface area contributed by atoms with Gasteiger partial charge in [0.05, 0.1) is 7.11 Å². The first-order valence-electron chi connectivity index (χ1n) is 8.14. The lowest BCUT2D eigenvalue weighted by Gasteiger charge is -2.28. The minimum Gasteiger partial charge on any atom is -0.493 e. The highest BCUT2D eigenvalue weighted by Gasteiger charge is 2.17. The molecule has 1 N–H and O–H groups in total. The second kappa shape index (κ2) is 8.48. The number of aromatic nitrogens is 2. The van der Waals surface area contributed by atoms with Gasteiger partial charge < -0.3 is 24.4 Å². The fraction of sp³-hybridized carbons (Fsp3) is 0.412. The summed E-state index contributed by atoms with van der Waals surface area (Å²) in [5, 5.41) is 3.29. The van der Waals surface area contributed by atoms with Crippen molar-refractivity contribution < 1.29 is 18.6 Å². The van der Waals surface area contributed by atoms with Crippen molar-refractivity contribution in [2.75, 3.05) is 51.4 Å². The van der Waals surface area contributed by atoms with Gasteiger partial charge in [0.25, 0.3) is 5.88 Å². The fourth-order valence-corrected chi connectivity index (χ4v) is 2.59. The van der Waals surface area contributed by atoms with Gasteiger partial charge in [-0.2, -0.15) is 0 Å². The molecule has 0 radical (unpaired) electrons. The Labute approximate surface area is 145 Å². The van der Waals surface area contributed by atoms with E-state index in [0.29, 0.717) is 17.4 Å². The van der Waals surface area contributed by atoms with Gasteiger partial charge in [-0.25, -0.2) is 14.4 Å². The summed E-state index contributed by atoms with van der Waals surface area (Å²) in [7, 11) is 1.47. The van der Waals surface area contributed by atoms with Crippen molar-refractivity contribution in [1.82, 2.24) is 15.3 Å². The summed E-state index contributed by atoms with van der Waals surface area (Å²) in [4.78, 5) is 10.7. The van der Waals surface area contributed by atoms with Gasteiger partial charge in [0.2, 0.25) is 0 Å². The molecule has 1 aliphatic heterocycles. The molecular weight excluding hydrogens is 327 g/mol. The zero-order valence-corrected chi connectivity index (χ0v) is 14.1. The maximum Gasteiger partial charge on any atom is 0.257 e. The molecule has 7 nitrogen and oxygen atoms in total. The molecule has 0 saturated carbocycles. The molecule has 0 amide bonds. The molecule has 1 aromatic heterocycles. The molecule has 2 aromatic rings. The van der Waals surface area contributed by atoms with Crippen LogP contribution in [0.4, 0.5) is 10.2 Å². The van der Waals surface area contributed by atoms with Gasteiger partial charge in [0.15, 0.2) is 23.1 Å². The average Bonchev–Trinajstić information content (AvgIpc) is 2.67. The van der Waals surface area contributed by atoms with Crippen LogP contribution in [-0.4, -0.2) is 56.5 Å². The van der Waals surface area contributed by atoms with Crippen LogP contribution in [0.1, 0.15) is 0 Å². The van der Waals surface area contributed by atoms with Crippen LogP contribution in [-0.2, 0) is 0 Å². The molecule has 1 aromatic carbocycles. The lowest BCUT2D eigenvalue weighted by atomic mass is 10.3. The third kappa shape index (κ3) is 4.27. The summed E-state index contributed by atoms with van der Waals surface area (Å²) in [5.41, 5.74) is 0. The van der Waals surface area contributed by atoms with Crippen LogP contribution in [0.2, 0.25) is 0 Å². The van der Waals surface area contributed by atoms with E-state index in [1.165, 1.54) is 13.2 Å².